The van der Waals surface area contributed by atoms with E-state index in [1.54, 1.807) is 0 Å². The smallest absolute Gasteiger partial charge is 0.0473 e. The molecule has 1 N–H and O–H groups in total. The van der Waals surface area contributed by atoms with Crippen LogP contribution in [0.1, 0.15) is 37.4 Å². The van der Waals surface area contributed by atoms with Gasteiger partial charge in [0.15, 0.2) is 0 Å². The van der Waals surface area contributed by atoms with E-state index in [9.17, 15) is 0 Å². The molecular formula is C18H31N3. The monoisotopic (exact) mass is 289 g/mol. The Labute approximate surface area is 130 Å². The first-order chi connectivity index (χ1) is 10.2. The van der Waals surface area contributed by atoms with Gasteiger partial charge in [0, 0.05) is 25.2 Å². The van der Waals surface area contributed by atoms with Crippen LogP contribution in [0.15, 0.2) is 24.3 Å². The van der Waals surface area contributed by atoms with Crippen molar-refractivity contribution in [1.29, 1.82) is 0 Å². The molecule has 0 bridgehead atoms. The summed E-state index contributed by atoms with van der Waals surface area (Å²) in [5.74, 6) is 0. The topological polar surface area (TPSA) is 18.5 Å². The molecule has 0 aliphatic carbocycles. The zero-order valence-electron chi connectivity index (χ0n) is 14.1. The quantitative estimate of drug-likeness (QED) is 0.898. The van der Waals surface area contributed by atoms with Crippen molar-refractivity contribution in [3.63, 3.8) is 0 Å². The molecule has 0 aromatic heterocycles. The average Bonchev–Trinajstić information content (AvgIpc) is 2.73. The molecule has 3 heteroatoms. The Kier molecular flexibility index (Phi) is 6.22. The molecular weight excluding hydrogens is 258 g/mol. The second-order valence-corrected chi connectivity index (χ2v) is 6.29. The van der Waals surface area contributed by atoms with Gasteiger partial charge in [-0.05, 0) is 58.1 Å². The van der Waals surface area contributed by atoms with Crippen LogP contribution in [0.5, 0.6) is 0 Å². The zero-order valence-corrected chi connectivity index (χ0v) is 14.1. The van der Waals surface area contributed by atoms with Gasteiger partial charge < -0.3 is 10.2 Å². The number of hydrogen-bond acceptors (Lipinski definition) is 3. The Hall–Kier alpha value is -0.900. The third-order valence-electron chi connectivity index (χ3n) is 4.87. The summed E-state index contributed by atoms with van der Waals surface area (Å²) in [5, 5.41) is 3.53. The molecule has 21 heavy (non-hydrogen) atoms. The fraction of sp³-hybridized carbons (Fsp3) is 0.667. The number of benzene rings is 1. The maximum Gasteiger partial charge on any atom is 0.0473 e. The van der Waals surface area contributed by atoms with E-state index in [0.717, 1.165) is 6.42 Å². The Balaban J connectivity index is 2.07. The van der Waals surface area contributed by atoms with Crippen LogP contribution >= 0.6 is 0 Å². The fourth-order valence-electron chi connectivity index (χ4n) is 3.33. The summed E-state index contributed by atoms with van der Waals surface area (Å²) in [6.07, 6.45) is 2.38. The number of aryl methyl sites for hydroxylation is 1. The molecule has 1 saturated heterocycles. The van der Waals surface area contributed by atoms with Crippen LogP contribution < -0.4 is 5.32 Å². The highest BCUT2D eigenvalue weighted by Crippen LogP contribution is 2.22. The summed E-state index contributed by atoms with van der Waals surface area (Å²) >= 11 is 0. The highest BCUT2D eigenvalue weighted by Gasteiger charge is 2.25. The summed E-state index contributed by atoms with van der Waals surface area (Å²) < 4.78 is 0. The highest BCUT2D eigenvalue weighted by molar-refractivity contribution is 5.26. The minimum atomic E-state index is 0.402. The number of nitrogens with zero attached hydrogens (tertiary/aromatic N) is 2. The Morgan fingerprint density at radius 2 is 1.81 bits per heavy atom. The van der Waals surface area contributed by atoms with Crippen LogP contribution in [0.25, 0.3) is 0 Å². The van der Waals surface area contributed by atoms with E-state index >= 15 is 0 Å². The highest BCUT2D eigenvalue weighted by atomic mass is 15.2. The largest absolute Gasteiger partial charge is 0.312 e. The van der Waals surface area contributed by atoms with Crippen molar-refractivity contribution in [2.45, 2.75) is 38.8 Å². The lowest BCUT2D eigenvalue weighted by Gasteiger charge is -2.34. The minimum absolute atomic E-state index is 0.402. The lowest BCUT2D eigenvalue weighted by atomic mass is 9.97. The molecule has 2 rings (SSSR count). The molecule has 2 unspecified atom stereocenters. The van der Waals surface area contributed by atoms with E-state index in [2.05, 4.69) is 67.3 Å². The molecule has 1 fully saturated rings. The van der Waals surface area contributed by atoms with Crippen LogP contribution in [-0.4, -0.2) is 56.1 Å². The van der Waals surface area contributed by atoms with Crippen LogP contribution in [-0.2, 0) is 6.42 Å². The summed E-state index contributed by atoms with van der Waals surface area (Å²) in [6, 6.07) is 10.0. The summed E-state index contributed by atoms with van der Waals surface area (Å²) in [5.41, 5.74) is 2.82. The van der Waals surface area contributed by atoms with Gasteiger partial charge in [0.1, 0.15) is 0 Å². The van der Waals surface area contributed by atoms with Gasteiger partial charge in [0.2, 0.25) is 0 Å². The van der Waals surface area contributed by atoms with E-state index in [4.69, 9.17) is 0 Å². The first-order valence-corrected chi connectivity index (χ1v) is 8.34. The zero-order chi connectivity index (χ0) is 15.2. The fourth-order valence-corrected chi connectivity index (χ4v) is 3.33. The first-order valence-electron chi connectivity index (χ1n) is 8.34. The minimum Gasteiger partial charge on any atom is -0.312 e. The summed E-state index contributed by atoms with van der Waals surface area (Å²) in [7, 11) is 4.31. The molecule has 118 valence electrons. The summed E-state index contributed by atoms with van der Waals surface area (Å²) in [4.78, 5) is 5.08. The lowest BCUT2D eigenvalue weighted by molar-refractivity contribution is 0.178. The first kappa shape index (κ1) is 16.5. The Morgan fingerprint density at radius 1 is 1.10 bits per heavy atom. The molecule has 1 aliphatic heterocycles. The lowest BCUT2D eigenvalue weighted by Crippen LogP contribution is -2.43. The number of likely N-dealkylation sites (N-methyl/N-ethyl adjacent to an activating group) is 2. The molecule has 3 nitrogen and oxygen atoms in total. The van der Waals surface area contributed by atoms with Crippen molar-refractivity contribution in [1.82, 2.24) is 15.1 Å². The van der Waals surface area contributed by atoms with Crippen molar-refractivity contribution in [2.75, 3.05) is 40.3 Å². The second kappa shape index (κ2) is 7.92. The van der Waals surface area contributed by atoms with Crippen LogP contribution in [0.2, 0.25) is 0 Å². The van der Waals surface area contributed by atoms with Crippen LogP contribution in [0.4, 0.5) is 0 Å². The maximum atomic E-state index is 3.53. The van der Waals surface area contributed by atoms with Crippen molar-refractivity contribution in [3.05, 3.63) is 35.4 Å². The van der Waals surface area contributed by atoms with Gasteiger partial charge in [-0.1, -0.05) is 31.2 Å². The molecule has 1 aliphatic rings. The van der Waals surface area contributed by atoms with E-state index in [0.29, 0.717) is 12.1 Å². The van der Waals surface area contributed by atoms with Crippen molar-refractivity contribution in [3.8, 4) is 0 Å². The molecule has 0 saturated carbocycles. The third-order valence-corrected chi connectivity index (χ3v) is 4.87. The Bertz CT molecular complexity index is 415. The molecule has 2 atom stereocenters. The van der Waals surface area contributed by atoms with Gasteiger partial charge in [-0.25, -0.2) is 0 Å². The van der Waals surface area contributed by atoms with E-state index in [-0.39, 0.29) is 0 Å². The molecule has 0 radical (unpaired) electrons. The standard InChI is InChI=1S/C18H31N3/c1-5-16-7-9-17(10-8-16)18(19-3)15(2)21-12-6-11-20(4)13-14-21/h7-10,15,18-19H,5-6,11-14H2,1-4H3. The molecule has 0 amide bonds. The van der Waals surface area contributed by atoms with E-state index < -0.39 is 0 Å². The predicted octanol–water partition coefficient (Wildman–Crippen LogP) is 2.54. The van der Waals surface area contributed by atoms with Crippen molar-refractivity contribution < 1.29 is 0 Å². The molecule has 0 spiro atoms. The molecule has 1 heterocycles. The predicted molar refractivity (Wildman–Crippen MR) is 90.8 cm³/mol. The van der Waals surface area contributed by atoms with Crippen LogP contribution in [0.3, 0.4) is 0 Å². The second-order valence-electron chi connectivity index (χ2n) is 6.29. The van der Waals surface area contributed by atoms with Gasteiger partial charge in [-0.15, -0.1) is 0 Å². The van der Waals surface area contributed by atoms with Crippen molar-refractivity contribution >= 4 is 0 Å². The Morgan fingerprint density at radius 3 is 2.43 bits per heavy atom. The SMILES string of the molecule is CCc1ccc(C(NC)C(C)N2CCCN(C)CC2)cc1. The molecule has 1 aromatic rings. The van der Waals surface area contributed by atoms with Crippen LogP contribution in [0, 0.1) is 0 Å². The number of rotatable bonds is 5. The maximum absolute atomic E-state index is 3.53. The van der Waals surface area contributed by atoms with Crippen molar-refractivity contribution in [2.24, 2.45) is 0 Å². The average molecular weight is 289 g/mol. The van der Waals surface area contributed by atoms with Gasteiger partial charge in [0.05, 0.1) is 0 Å². The van der Waals surface area contributed by atoms with Gasteiger partial charge in [-0.2, -0.15) is 0 Å². The van der Waals surface area contributed by atoms with E-state index in [1.165, 1.54) is 43.7 Å². The van der Waals surface area contributed by atoms with Gasteiger partial charge in [-0.3, -0.25) is 4.90 Å². The normalized spacial score (nSPS) is 21.0. The van der Waals surface area contributed by atoms with Gasteiger partial charge >= 0.3 is 0 Å². The number of hydrogen-bond donors (Lipinski definition) is 1. The number of nitrogens with one attached hydrogen (secondary N) is 1. The third kappa shape index (κ3) is 4.29. The van der Waals surface area contributed by atoms with E-state index in [1.807, 2.05) is 0 Å². The molecule has 1 aromatic carbocycles. The van der Waals surface area contributed by atoms with Gasteiger partial charge in [0.25, 0.3) is 0 Å². The summed E-state index contributed by atoms with van der Waals surface area (Å²) in [6.45, 7) is 9.34.